The van der Waals surface area contributed by atoms with Crippen LogP contribution < -0.4 is 4.74 Å². The fourth-order valence-corrected chi connectivity index (χ4v) is 1.60. The number of Topliss-reactive ketones (excluding diaryl/α,β-unsaturated/α-hetero) is 1. The molecule has 0 saturated carbocycles. The van der Waals surface area contributed by atoms with Gasteiger partial charge < -0.3 is 14.9 Å². The number of hydrogen-bond donors (Lipinski definition) is 2. The summed E-state index contributed by atoms with van der Waals surface area (Å²) >= 11 is 0. The third kappa shape index (κ3) is 3.44. The van der Waals surface area contributed by atoms with Crippen LogP contribution in [-0.2, 0) is 4.79 Å². The molecule has 0 aliphatic carbocycles. The van der Waals surface area contributed by atoms with Crippen LogP contribution in [0.15, 0.2) is 48.5 Å². The van der Waals surface area contributed by atoms with Crippen molar-refractivity contribution in [2.24, 2.45) is 0 Å². The molecule has 0 radical (unpaired) electrons. The molecule has 0 saturated heterocycles. The molecule has 0 atom stereocenters. The van der Waals surface area contributed by atoms with Gasteiger partial charge in [-0.25, -0.2) is 9.59 Å². The molecule has 106 valence electrons. The van der Waals surface area contributed by atoms with Crippen molar-refractivity contribution >= 4 is 17.7 Å². The molecule has 0 aliphatic heterocycles. The highest BCUT2D eigenvalue weighted by Crippen LogP contribution is 2.22. The first kappa shape index (κ1) is 14.3. The minimum absolute atomic E-state index is 0.0519. The normalized spacial score (nSPS) is 9.90. The maximum Gasteiger partial charge on any atom is 0.377 e. The second-order valence-corrected chi connectivity index (χ2v) is 4.09. The molecule has 0 spiro atoms. The molecule has 2 aromatic rings. The molecular formula is C15H10O6. The molecule has 0 bridgehead atoms. The SMILES string of the molecule is O=C(O)C(=O)c1ccc(Oc2ccc(C(=O)O)cc2)cc1. The van der Waals surface area contributed by atoms with Crippen molar-refractivity contribution < 1.29 is 29.3 Å². The van der Waals surface area contributed by atoms with Crippen molar-refractivity contribution in [3.63, 3.8) is 0 Å². The van der Waals surface area contributed by atoms with Crippen LogP contribution in [0.3, 0.4) is 0 Å². The smallest absolute Gasteiger partial charge is 0.377 e. The molecule has 0 fully saturated rings. The fraction of sp³-hybridized carbons (Fsp3) is 0. The first-order valence-corrected chi connectivity index (χ1v) is 5.86. The van der Waals surface area contributed by atoms with Gasteiger partial charge in [-0.15, -0.1) is 0 Å². The maximum absolute atomic E-state index is 11.2. The Morgan fingerprint density at radius 2 is 1.14 bits per heavy atom. The third-order valence-electron chi connectivity index (χ3n) is 2.65. The van der Waals surface area contributed by atoms with Crippen molar-refractivity contribution in [2.45, 2.75) is 0 Å². The molecule has 0 unspecified atom stereocenters. The van der Waals surface area contributed by atoms with Crippen molar-refractivity contribution in [2.75, 3.05) is 0 Å². The topological polar surface area (TPSA) is 101 Å². The second-order valence-electron chi connectivity index (χ2n) is 4.09. The number of ether oxygens (including phenoxy) is 1. The molecule has 6 nitrogen and oxygen atoms in total. The summed E-state index contributed by atoms with van der Waals surface area (Å²) in [5.41, 5.74) is 0.195. The Morgan fingerprint density at radius 3 is 1.52 bits per heavy atom. The van der Waals surface area contributed by atoms with Crippen molar-refractivity contribution in [1.82, 2.24) is 0 Å². The number of aromatic carboxylic acids is 1. The predicted octanol–water partition coefficient (Wildman–Crippen LogP) is 2.44. The summed E-state index contributed by atoms with van der Waals surface area (Å²) in [7, 11) is 0. The van der Waals surface area contributed by atoms with Gasteiger partial charge in [-0.3, -0.25) is 4.79 Å². The van der Waals surface area contributed by atoms with E-state index in [4.69, 9.17) is 14.9 Å². The molecular weight excluding hydrogens is 276 g/mol. The summed E-state index contributed by atoms with van der Waals surface area (Å²) in [6, 6.07) is 11.4. The van der Waals surface area contributed by atoms with Crippen LogP contribution in [0.5, 0.6) is 11.5 Å². The van der Waals surface area contributed by atoms with Gasteiger partial charge in [-0.2, -0.15) is 0 Å². The molecule has 21 heavy (non-hydrogen) atoms. The minimum Gasteiger partial charge on any atom is -0.478 e. The zero-order valence-corrected chi connectivity index (χ0v) is 10.6. The van der Waals surface area contributed by atoms with Gasteiger partial charge >= 0.3 is 11.9 Å². The van der Waals surface area contributed by atoms with E-state index in [2.05, 4.69) is 0 Å². The average Bonchev–Trinajstić information content (AvgIpc) is 2.47. The lowest BCUT2D eigenvalue weighted by Gasteiger charge is -2.06. The minimum atomic E-state index is -1.52. The number of carbonyl (C=O) groups is 3. The third-order valence-corrected chi connectivity index (χ3v) is 2.65. The van der Waals surface area contributed by atoms with Gasteiger partial charge in [0.25, 0.3) is 5.78 Å². The largest absolute Gasteiger partial charge is 0.478 e. The Hall–Kier alpha value is -3.15. The highest BCUT2D eigenvalue weighted by Gasteiger charge is 2.14. The van der Waals surface area contributed by atoms with Crippen molar-refractivity contribution in [3.05, 3.63) is 59.7 Å². The average molecular weight is 286 g/mol. The highest BCUT2D eigenvalue weighted by molar-refractivity contribution is 6.39. The van der Waals surface area contributed by atoms with E-state index in [-0.39, 0.29) is 11.1 Å². The van der Waals surface area contributed by atoms with E-state index in [9.17, 15) is 14.4 Å². The zero-order chi connectivity index (χ0) is 15.4. The molecule has 2 rings (SSSR count). The van der Waals surface area contributed by atoms with E-state index < -0.39 is 17.7 Å². The van der Waals surface area contributed by atoms with Gasteiger partial charge in [0.15, 0.2) is 0 Å². The Balaban J connectivity index is 2.11. The van der Waals surface area contributed by atoms with Crippen LogP contribution in [0, 0.1) is 0 Å². The molecule has 6 heteroatoms. The van der Waals surface area contributed by atoms with E-state index in [1.54, 1.807) is 0 Å². The zero-order valence-electron chi connectivity index (χ0n) is 10.6. The summed E-state index contributed by atoms with van der Waals surface area (Å²) in [6.07, 6.45) is 0. The Kier molecular flexibility index (Phi) is 3.99. The lowest BCUT2D eigenvalue weighted by Crippen LogP contribution is -2.12. The van der Waals surface area contributed by atoms with Crippen LogP contribution in [0.1, 0.15) is 20.7 Å². The first-order valence-electron chi connectivity index (χ1n) is 5.86. The molecule has 0 aliphatic rings. The summed E-state index contributed by atoms with van der Waals surface area (Å²) in [6.45, 7) is 0. The van der Waals surface area contributed by atoms with E-state index in [0.29, 0.717) is 11.5 Å². The van der Waals surface area contributed by atoms with Crippen LogP contribution in [-0.4, -0.2) is 27.9 Å². The van der Waals surface area contributed by atoms with Crippen LogP contribution in [0.25, 0.3) is 0 Å². The molecule has 2 aromatic carbocycles. The van der Waals surface area contributed by atoms with Crippen LogP contribution in [0.4, 0.5) is 0 Å². The van der Waals surface area contributed by atoms with E-state index in [0.717, 1.165) is 0 Å². The van der Waals surface area contributed by atoms with Gasteiger partial charge in [-0.05, 0) is 48.5 Å². The molecule has 2 N–H and O–H groups in total. The van der Waals surface area contributed by atoms with Crippen LogP contribution >= 0.6 is 0 Å². The number of ketones is 1. The predicted molar refractivity (Wildman–Crippen MR) is 71.9 cm³/mol. The van der Waals surface area contributed by atoms with Crippen molar-refractivity contribution in [3.8, 4) is 11.5 Å². The lowest BCUT2D eigenvalue weighted by atomic mass is 10.1. The van der Waals surface area contributed by atoms with Gasteiger partial charge in [0.1, 0.15) is 11.5 Å². The number of benzene rings is 2. The fourth-order valence-electron chi connectivity index (χ4n) is 1.60. The number of carboxylic acid groups (broad SMARTS) is 2. The monoisotopic (exact) mass is 286 g/mol. The quantitative estimate of drug-likeness (QED) is 0.646. The first-order chi connectivity index (χ1) is 9.97. The van der Waals surface area contributed by atoms with Gasteiger partial charge in [0, 0.05) is 5.56 Å². The number of carbonyl (C=O) groups excluding carboxylic acids is 1. The number of aliphatic carboxylic acids is 1. The van der Waals surface area contributed by atoms with E-state index in [1.165, 1.54) is 48.5 Å². The summed E-state index contributed by atoms with van der Waals surface area (Å²) < 4.78 is 5.46. The van der Waals surface area contributed by atoms with E-state index >= 15 is 0 Å². The van der Waals surface area contributed by atoms with Crippen molar-refractivity contribution in [1.29, 1.82) is 0 Å². The van der Waals surface area contributed by atoms with Gasteiger partial charge in [0.05, 0.1) is 5.56 Å². The van der Waals surface area contributed by atoms with Crippen LogP contribution in [0.2, 0.25) is 0 Å². The Bertz CT molecular complexity index is 685. The number of hydrogen-bond acceptors (Lipinski definition) is 4. The number of carboxylic acids is 2. The van der Waals surface area contributed by atoms with Gasteiger partial charge in [0.2, 0.25) is 0 Å². The maximum atomic E-state index is 11.2. The summed E-state index contributed by atoms with van der Waals surface area (Å²) in [5, 5.41) is 17.4. The number of rotatable bonds is 5. The summed E-state index contributed by atoms with van der Waals surface area (Å²) in [4.78, 5) is 32.5. The molecule has 0 aromatic heterocycles. The highest BCUT2D eigenvalue weighted by atomic mass is 16.5. The lowest BCUT2D eigenvalue weighted by molar-refractivity contribution is -0.131. The Morgan fingerprint density at radius 1 is 0.714 bits per heavy atom. The Labute approximate surface area is 119 Å². The second kappa shape index (κ2) is 5.87. The molecule has 0 heterocycles. The standard InChI is InChI=1S/C15H10O6/c16-13(15(19)20)9-1-5-11(6-2-9)21-12-7-3-10(4-8-12)14(17)18/h1-8H,(H,17,18)(H,19,20). The summed E-state index contributed by atoms with van der Waals surface area (Å²) in [5.74, 6) is -2.71. The van der Waals surface area contributed by atoms with Gasteiger partial charge in [-0.1, -0.05) is 0 Å². The van der Waals surface area contributed by atoms with E-state index in [1.807, 2.05) is 0 Å². The molecule has 0 amide bonds.